The first kappa shape index (κ1) is 24.5. The van der Waals surface area contributed by atoms with Gasteiger partial charge in [0.25, 0.3) is 0 Å². The summed E-state index contributed by atoms with van der Waals surface area (Å²) in [5.74, 6) is 0.422. The van der Waals surface area contributed by atoms with Gasteiger partial charge in [-0.2, -0.15) is 5.26 Å². The van der Waals surface area contributed by atoms with Gasteiger partial charge in [-0.25, -0.2) is 4.39 Å². The van der Waals surface area contributed by atoms with Gasteiger partial charge in [-0.1, -0.05) is 29.8 Å². The fourth-order valence-corrected chi connectivity index (χ4v) is 6.13. The molecule has 1 amide bonds. The van der Waals surface area contributed by atoms with Crippen LogP contribution in [0, 0.1) is 17.1 Å². The molecule has 0 unspecified atom stereocenters. The Hall–Kier alpha value is -2.61. The largest absolute Gasteiger partial charge is 0.484 e. The van der Waals surface area contributed by atoms with Crippen LogP contribution in [0.3, 0.4) is 0 Å². The molecule has 1 N–H and O–H groups in total. The fraction of sp³-hybridized carbons (Fsp3) is 0.391. The van der Waals surface area contributed by atoms with Crippen molar-refractivity contribution in [3.63, 3.8) is 0 Å². The molecule has 0 atom stereocenters. The molecule has 7 nitrogen and oxygen atoms in total. The molecule has 0 fully saturated rings. The van der Waals surface area contributed by atoms with Gasteiger partial charge in [0.05, 0.1) is 16.3 Å². The molecular formula is C23H23ClFN5O2S2. The van der Waals surface area contributed by atoms with Crippen LogP contribution < -0.4 is 10.1 Å². The molecule has 0 saturated carbocycles. The molecular weight excluding hydrogens is 497 g/mol. The number of nitriles is 1. The quantitative estimate of drug-likeness (QED) is 0.307. The summed E-state index contributed by atoms with van der Waals surface area (Å²) in [5.41, 5.74) is 1.71. The molecule has 0 bridgehead atoms. The normalized spacial score (nSPS) is 13.1. The number of hydrogen-bond donors (Lipinski definition) is 1. The van der Waals surface area contributed by atoms with Gasteiger partial charge in [0.2, 0.25) is 5.91 Å². The van der Waals surface area contributed by atoms with Crippen molar-refractivity contribution in [2.45, 2.75) is 57.3 Å². The SMILES string of the molecule is CCn1c(COc2ccc(F)cc2Cl)nnc1SCC(=O)Nc1sc2c(c1C#N)CCCCC2. The van der Waals surface area contributed by atoms with Crippen molar-refractivity contribution < 1.29 is 13.9 Å². The lowest BCUT2D eigenvalue weighted by Gasteiger charge is -2.10. The molecule has 3 aromatic rings. The Kier molecular flexibility index (Phi) is 8.08. The number of thioether (sulfide) groups is 1. The molecule has 34 heavy (non-hydrogen) atoms. The lowest BCUT2D eigenvalue weighted by molar-refractivity contribution is -0.113. The summed E-state index contributed by atoms with van der Waals surface area (Å²) in [4.78, 5) is 13.9. The Labute approximate surface area is 210 Å². The van der Waals surface area contributed by atoms with Crippen LogP contribution >= 0.6 is 34.7 Å². The highest BCUT2D eigenvalue weighted by molar-refractivity contribution is 7.99. The van der Waals surface area contributed by atoms with E-state index in [1.54, 1.807) is 0 Å². The molecule has 1 aromatic carbocycles. The summed E-state index contributed by atoms with van der Waals surface area (Å²) >= 11 is 8.80. The summed E-state index contributed by atoms with van der Waals surface area (Å²) in [6.45, 7) is 2.63. The average molecular weight is 520 g/mol. The molecule has 1 aliphatic carbocycles. The van der Waals surface area contributed by atoms with Crippen LogP contribution in [0.5, 0.6) is 5.75 Å². The highest BCUT2D eigenvalue weighted by atomic mass is 35.5. The third-order valence-electron chi connectivity index (χ3n) is 5.48. The van der Waals surface area contributed by atoms with Crippen molar-refractivity contribution in [2.75, 3.05) is 11.1 Å². The smallest absolute Gasteiger partial charge is 0.235 e. The second kappa shape index (κ2) is 11.2. The van der Waals surface area contributed by atoms with Gasteiger partial charge in [0.15, 0.2) is 11.0 Å². The van der Waals surface area contributed by atoms with Gasteiger partial charge in [-0.15, -0.1) is 21.5 Å². The zero-order valence-electron chi connectivity index (χ0n) is 18.6. The Morgan fingerprint density at radius 3 is 2.94 bits per heavy atom. The van der Waals surface area contributed by atoms with Crippen molar-refractivity contribution in [1.82, 2.24) is 14.8 Å². The van der Waals surface area contributed by atoms with Crippen molar-refractivity contribution in [3.8, 4) is 11.8 Å². The number of halogens is 2. The highest BCUT2D eigenvalue weighted by Gasteiger charge is 2.21. The van der Waals surface area contributed by atoms with Crippen LogP contribution in [0.4, 0.5) is 9.39 Å². The third-order valence-corrected chi connectivity index (χ3v) is 7.95. The monoisotopic (exact) mass is 519 g/mol. The van der Waals surface area contributed by atoms with E-state index in [2.05, 4.69) is 21.6 Å². The number of aryl methyl sites for hydroxylation is 1. The molecule has 4 rings (SSSR count). The van der Waals surface area contributed by atoms with Gasteiger partial charge >= 0.3 is 0 Å². The maximum absolute atomic E-state index is 13.2. The Morgan fingerprint density at radius 2 is 2.18 bits per heavy atom. The first-order chi connectivity index (χ1) is 16.5. The van der Waals surface area contributed by atoms with Crippen LogP contribution in [-0.4, -0.2) is 26.4 Å². The van der Waals surface area contributed by atoms with Crippen molar-refractivity contribution in [2.24, 2.45) is 0 Å². The number of benzene rings is 1. The van der Waals surface area contributed by atoms with E-state index in [4.69, 9.17) is 16.3 Å². The van der Waals surface area contributed by atoms with E-state index in [9.17, 15) is 14.4 Å². The fourth-order valence-electron chi connectivity index (χ4n) is 3.83. The van der Waals surface area contributed by atoms with Gasteiger partial charge < -0.3 is 14.6 Å². The molecule has 1 aliphatic rings. The molecule has 0 spiro atoms. The molecule has 0 saturated heterocycles. The van der Waals surface area contributed by atoms with Crippen molar-refractivity contribution in [3.05, 3.63) is 50.9 Å². The Balaban J connectivity index is 1.38. The van der Waals surface area contributed by atoms with Gasteiger partial charge in [-0.3, -0.25) is 4.79 Å². The number of carbonyl (C=O) groups excluding carboxylic acids is 1. The van der Waals surface area contributed by atoms with Crippen LogP contribution in [0.25, 0.3) is 0 Å². The predicted molar refractivity (Wildman–Crippen MR) is 131 cm³/mol. The van der Waals surface area contributed by atoms with Crippen molar-refractivity contribution in [1.29, 1.82) is 5.26 Å². The number of aromatic nitrogens is 3. The molecule has 2 heterocycles. The maximum atomic E-state index is 13.2. The van der Waals surface area contributed by atoms with Crippen LogP contribution in [0.1, 0.15) is 48.0 Å². The number of carbonyl (C=O) groups is 1. The van der Waals surface area contributed by atoms with E-state index in [0.29, 0.717) is 33.8 Å². The number of thiophene rings is 1. The van der Waals surface area contributed by atoms with Crippen LogP contribution in [-0.2, 0) is 30.8 Å². The van der Waals surface area contributed by atoms with Crippen molar-refractivity contribution >= 4 is 45.6 Å². The molecule has 2 aromatic heterocycles. The molecule has 0 aliphatic heterocycles. The summed E-state index contributed by atoms with van der Waals surface area (Å²) in [6, 6.07) is 6.21. The van der Waals surface area contributed by atoms with Crippen LogP contribution in [0.2, 0.25) is 5.02 Å². The number of ether oxygens (including phenoxy) is 1. The summed E-state index contributed by atoms with van der Waals surface area (Å²) in [6.07, 6.45) is 5.23. The van der Waals surface area contributed by atoms with E-state index in [0.717, 1.165) is 31.2 Å². The van der Waals surface area contributed by atoms with E-state index >= 15 is 0 Å². The summed E-state index contributed by atoms with van der Waals surface area (Å²) < 4.78 is 20.7. The Morgan fingerprint density at radius 1 is 1.35 bits per heavy atom. The van der Waals surface area contributed by atoms with E-state index in [-0.39, 0.29) is 23.3 Å². The van der Waals surface area contributed by atoms with Gasteiger partial charge in [0, 0.05) is 11.4 Å². The lowest BCUT2D eigenvalue weighted by Crippen LogP contribution is -2.15. The maximum Gasteiger partial charge on any atom is 0.235 e. The first-order valence-electron chi connectivity index (χ1n) is 11.0. The molecule has 0 radical (unpaired) electrons. The number of anilines is 1. The van der Waals surface area contributed by atoms with E-state index in [1.807, 2.05) is 11.5 Å². The number of nitrogens with one attached hydrogen (secondary N) is 1. The second-order valence-electron chi connectivity index (χ2n) is 7.72. The third kappa shape index (κ3) is 5.54. The number of fused-ring (bicyclic) bond motifs is 1. The molecule has 11 heteroatoms. The zero-order chi connectivity index (χ0) is 24.1. The topological polar surface area (TPSA) is 92.8 Å². The minimum Gasteiger partial charge on any atom is -0.484 e. The minimum atomic E-state index is -0.439. The lowest BCUT2D eigenvalue weighted by atomic mass is 10.1. The standard InChI is InChI=1S/C23H23ClFN5O2S2/c1-2-30-20(12-32-18-9-8-14(25)10-17(18)24)28-29-23(30)33-13-21(31)27-22-16(11-26)15-6-4-3-5-7-19(15)34-22/h8-10H,2-7,12-13H2,1H3,(H,27,31). The van der Waals surface area contributed by atoms with E-state index in [1.165, 1.54) is 52.6 Å². The summed E-state index contributed by atoms with van der Waals surface area (Å²) in [5, 5.41) is 22.3. The van der Waals surface area contributed by atoms with E-state index < -0.39 is 5.82 Å². The zero-order valence-corrected chi connectivity index (χ0v) is 21.0. The average Bonchev–Trinajstić information content (AvgIpc) is 3.28. The predicted octanol–water partition coefficient (Wildman–Crippen LogP) is 5.60. The number of rotatable bonds is 8. The summed E-state index contributed by atoms with van der Waals surface area (Å²) in [7, 11) is 0. The van der Waals surface area contributed by atoms with Crippen LogP contribution in [0.15, 0.2) is 23.4 Å². The Bertz CT molecular complexity index is 1240. The number of nitrogens with zero attached hydrogens (tertiary/aromatic N) is 4. The number of amides is 1. The van der Waals surface area contributed by atoms with Gasteiger partial charge in [-0.05, 0) is 56.4 Å². The van der Waals surface area contributed by atoms with Gasteiger partial charge in [0.1, 0.15) is 29.2 Å². The first-order valence-corrected chi connectivity index (χ1v) is 13.1. The molecule has 178 valence electrons. The number of hydrogen-bond acceptors (Lipinski definition) is 7. The highest BCUT2D eigenvalue weighted by Crippen LogP contribution is 2.37. The minimum absolute atomic E-state index is 0.102. The second-order valence-corrected chi connectivity index (χ2v) is 10.2.